The van der Waals surface area contributed by atoms with Crippen molar-refractivity contribution in [3.63, 3.8) is 0 Å². The van der Waals surface area contributed by atoms with Crippen molar-refractivity contribution in [1.29, 1.82) is 0 Å². The van der Waals surface area contributed by atoms with Gasteiger partial charge in [0.15, 0.2) is 5.79 Å². The predicted molar refractivity (Wildman–Crippen MR) is 101 cm³/mol. The maximum Gasteiger partial charge on any atom is 0.310 e. The number of fused-ring (bicyclic) bond motifs is 3. The van der Waals surface area contributed by atoms with Crippen LogP contribution >= 0.6 is 0 Å². The van der Waals surface area contributed by atoms with Crippen LogP contribution in [0.2, 0.25) is 0 Å². The Morgan fingerprint density at radius 3 is 2.54 bits per heavy atom. The van der Waals surface area contributed by atoms with Gasteiger partial charge in [0.05, 0.1) is 31.3 Å². The Morgan fingerprint density at radius 1 is 1.07 bits per heavy atom. The van der Waals surface area contributed by atoms with Crippen LogP contribution in [0.3, 0.4) is 0 Å². The van der Waals surface area contributed by atoms with Gasteiger partial charge in [-0.25, -0.2) is 0 Å². The molecule has 6 aliphatic rings. The zero-order valence-corrected chi connectivity index (χ0v) is 17.0. The highest BCUT2D eigenvalue weighted by Crippen LogP contribution is 2.62. The average molecular weight is 392 g/mol. The van der Waals surface area contributed by atoms with Gasteiger partial charge in [-0.15, -0.1) is 0 Å². The highest BCUT2D eigenvalue weighted by atomic mass is 16.7. The van der Waals surface area contributed by atoms with Gasteiger partial charge < -0.3 is 23.8 Å². The molecular weight excluding hydrogens is 358 g/mol. The third-order valence-electron chi connectivity index (χ3n) is 8.97. The number of hydrogen-bond acceptors (Lipinski definition) is 6. The standard InChI is InChI=1S/C22H33NO5/c1-20-3-2-4-21(14-27-21)18(20)11-15-16(19(24)28-17(15)12-20)13-23-7-5-22(6-8-23)25-9-10-26-22/h15-18H,2-14H2,1H3/t15-,16+,17-,18-,20-,21+/m1/s1. The number of carbonyl (C=O) groups excluding carboxylic acids is 1. The number of carbonyl (C=O) groups is 1. The molecule has 6 atom stereocenters. The minimum Gasteiger partial charge on any atom is -0.462 e. The molecule has 0 bridgehead atoms. The Balaban J connectivity index is 1.15. The molecule has 0 N–H and O–H groups in total. The van der Waals surface area contributed by atoms with Gasteiger partial charge in [0, 0.05) is 38.4 Å². The van der Waals surface area contributed by atoms with Crippen molar-refractivity contribution in [2.45, 2.75) is 69.4 Å². The van der Waals surface area contributed by atoms with Crippen molar-refractivity contribution in [1.82, 2.24) is 4.90 Å². The Hall–Kier alpha value is -0.690. The quantitative estimate of drug-likeness (QED) is 0.532. The van der Waals surface area contributed by atoms with Gasteiger partial charge >= 0.3 is 5.97 Å². The molecule has 6 fully saturated rings. The third kappa shape index (κ3) is 2.71. The minimum atomic E-state index is -0.348. The third-order valence-corrected chi connectivity index (χ3v) is 8.97. The molecule has 4 aliphatic heterocycles. The van der Waals surface area contributed by atoms with Crippen LogP contribution in [0.15, 0.2) is 0 Å². The molecule has 28 heavy (non-hydrogen) atoms. The van der Waals surface area contributed by atoms with Crippen LogP contribution in [0.4, 0.5) is 0 Å². The summed E-state index contributed by atoms with van der Waals surface area (Å²) in [7, 11) is 0. The molecule has 4 saturated heterocycles. The van der Waals surface area contributed by atoms with Gasteiger partial charge in [-0.2, -0.15) is 0 Å². The lowest BCUT2D eigenvalue weighted by atomic mass is 9.53. The van der Waals surface area contributed by atoms with E-state index in [0.717, 1.165) is 51.9 Å². The first-order valence-corrected chi connectivity index (χ1v) is 11.4. The molecule has 4 heterocycles. The molecule has 0 unspecified atom stereocenters. The summed E-state index contributed by atoms with van der Waals surface area (Å²) in [6.07, 6.45) is 7.76. The maximum absolute atomic E-state index is 12.8. The molecule has 2 saturated carbocycles. The molecule has 6 rings (SSSR count). The van der Waals surface area contributed by atoms with E-state index < -0.39 is 0 Å². The van der Waals surface area contributed by atoms with Gasteiger partial charge in [0.1, 0.15) is 6.10 Å². The number of epoxide rings is 1. The fourth-order valence-corrected chi connectivity index (χ4v) is 7.31. The van der Waals surface area contributed by atoms with E-state index in [1.54, 1.807) is 0 Å². The summed E-state index contributed by atoms with van der Waals surface area (Å²) in [4.78, 5) is 15.3. The number of ether oxygens (including phenoxy) is 4. The van der Waals surface area contributed by atoms with E-state index in [2.05, 4.69) is 11.8 Å². The van der Waals surface area contributed by atoms with Crippen molar-refractivity contribution < 1.29 is 23.7 Å². The highest BCUT2D eigenvalue weighted by Gasteiger charge is 2.65. The molecule has 2 spiro atoms. The predicted octanol–water partition coefficient (Wildman–Crippen LogP) is 2.35. The fraction of sp³-hybridized carbons (Fsp3) is 0.955. The molecule has 0 aromatic carbocycles. The monoisotopic (exact) mass is 391 g/mol. The zero-order valence-electron chi connectivity index (χ0n) is 17.0. The first-order chi connectivity index (χ1) is 13.5. The SMILES string of the molecule is C[C@]12CCC[C@]3(CO3)[C@@H]1C[C@@H]1[C@H](CN3CCC4(CC3)OCCO4)C(=O)O[C@@H]1C2. The molecule has 0 aromatic heterocycles. The maximum atomic E-state index is 12.8. The minimum absolute atomic E-state index is 0.0201. The number of hydrogen-bond donors (Lipinski definition) is 0. The summed E-state index contributed by atoms with van der Waals surface area (Å²) < 4.78 is 23.7. The van der Waals surface area contributed by atoms with E-state index in [4.69, 9.17) is 18.9 Å². The summed E-state index contributed by atoms with van der Waals surface area (Å²) in [6.45, 7) is 7.48. The lowest BCUT2D eigenvalue weighted by Gasteiger charge is -2.51. The number of likely N-dealkylation sites (tertiary alicyclic amines) is 1. The average Bonchev–Trinajstić information content (AvgIpc) is 3.18. The molecule has 0 amide bonds. The summed E-state index contributed by atoms with van der Waals surface area (Å²) in [5.74, 6) is 0.666. The molecule has 6 heteroatoms. The van der Waals surface area contributed by atoms with Crippen molar-refractivity contribution in [2.75, 3.05) is 39.5 Å². The van der Waals surface area contributed by atoms with Crippen LogP contribution in [-0.2, 0) is 23.7 Å². The lowest BCUT2D eigenvalue weighted by molar-refractivity contribution is -0.186. The van der Waals surface area contributed by atoms with E-state index in [0.29, 0.717) is 25.0 Å². The highest BCUT2D eigenvalue weighted by molar-refractivity contribution is 5.75. The van der Waals surface area contributed by atoms with Crippen LogP contribution in [0.1, 0.15) is 51.9 Å². The number of esters is 1. The Morgan fingerprint density at radius 2 is 1.82 bits per heavy atom. The van der Waals surface area contributed by atoms with Gasteiger partial charge in [0.25, 0.3) is 0 Å². The van der Waals surface area contributed by atoms with Crippen LogP contribution in [0.25, 0.3) is 0 Å². The Bertz CT molecular complexity index is 647. The van der Waals surface area contributed by atoms with Crippen LogP contribution in [-0.4, -0.2) is 67.8 Å². The lowest BCUT2D eigenvalue weighted by Crippen LogP contribution is -2.52. The molecule has 0 radical (unpaired) electrons. The van der Waals surface area contributed by atoms with Crippen LogP contribution < -0.4 is 0 Å². The molecule has 2 aliphatic carbocycles. The Kier molecular flexibility index (Phi) is 3.98. The second-order valence-electron chi connectivity index (χ2n) is 10.5. The van der Waals surface area contributed by atoms with Crippen LogP contribution in [0.5, 0.6) is 0 Å². The normalized spacial score (nSPS) is 49.8. The number of rotatable bonds is 2. The molecular formula is C22H33NO5. The topological polar surface area (TPSA) is 60.5 Å². The van der Waals surface area contributed by atoms with Crippen molar-refractivity contribution in [3.05, 3.63) is 0 Å². The zero-order chi connectivity index (χ0) is 19.0. The summed E-state index contributed by atoms with van der Waals surface area (Å²) in [5, 5.41) is 0. The van der Waals surface area contributed by atoms with Gasteiger partial charge in [-0.3, -0.25) is 4.79 Å². The van der Waals surface area contributed by atoms with Crippen molar-refractivity contribution in [2.24, 2.45) is 23.2 Å². The van der Waals surface area contributed by atoms with Gasteiger partial charge in [-0.05, 0) is 43.4 Å². The Labute approximate surface area is 167 Å². The largest absolute Gasteiger partial charge is 0.462 e. The fourth-order valence-electron chi connectivity index (χ4n) is 7.31. The van der Waals surface area contributed by atoms with Crippen molar-refractivity contribution >= 4 is 5.97 Å². The van der Waals surface area contributed by atoms with Gasteiger partial charge in [-0.1, -0.05) is 6.92 Å². The first kappa shape index (κ1) is 18.1. The molecule has 156 valence electrons. The van der Waals surface area contributed by atoms with Gasteiger partial charge in [0.2, 0.25) is 0 Å². The second-order valence-corrected chi connectivity index (χ2v) is 10.5. The van der Waals surface area contributed by atoms with E-state index in [1.165, 1.54) is 19.3 Å². The number of piperidine rings is 1. The van der Waals surface area contributed by atoms with E-state index >= 15 is 0 Å². The first-order valence-electron chi connectivity index (χ1n) is 11.4. The van der Waals surface area contributed by atoms with E-state index in [1.807, 2.05) is 0 Å². The summed E-state index contributed by atoms with van der Waals surface area (Å²) in [6, 6.07) is 0. The van der Waals surface area contributed by atoms with E-state index in [-0.39, 0.29) is 34.8 Å². The molecule has 0 aromatic rings. The van der Waals surface area contributed by atoms with E-state index in [9.17, 15) is 4.79 Å². The molecule has 6 nitrogen and oxygen atoms in total. The summed E-state index contributed by atoms with van der Waals surface area (Å²) in [5.41, 5.74) is 0.405. The smallest absolute Gasteiger partial charge is 0.310 e. The van der Waals surface area contributed by atoms with Crippen molar-refractivity contribution in [3.8, 4) is 0 Å². The second kappa shape index (κ2) is 6.16. The summed E-state index contributed by atoms with van der Waals surface area (Å²) >= 11 is 0. The number of nitrogens with zero attached hydrogens (tertiary/aromatic N) is 1. The van der Waals surface area contributed by atoms with Crippen LogP contribution in [0, 0.1) is 23.2 Å².